The van der Waals surface area contributed by atoms with Gasteiger partial charge in [0.05, 0.1) is 0 Å². The van der Waals surface area contributed by atoms with Crippen molar-refractivity contribution in [3.8, 4) is 0 Å². The third-order valence-corrected chi connectivity index (χ3v) is 5.43. The van der Waals surface area contributed by atoms with Gasteiger partial charge in [-0.25, -0.2) is 0 Å². The summed E-state index contributed by atoms with van der Waals surface area (Å²) in [7, 11) is 1.83. The zero-order valence-corrected chi connectivity index (χ0v) is 16.3. The molecular formula is C20H29N5S. The summed E-state index contributed by atoms with van der Waals surface area (Å²) < 4.78 is 0. The van der Waals surface area contributed by atoms with E-state index in [2.05, 4.69) is 72.6 Å². The third kappa shape index (κ3) is 5.75. The second-order valence-electron chi connectivity index (χ2n) is 6.50. The first-order valence-electron chi connectivity index (χ1n) is 9.33. The first kappa shape index (κ1) is 18.7. The highest BCUT2D eigenvalue weighted by Crippen LogP contribution is 2.15. The largest absolute Gasteiger partial charge is 0.369 e. The molecule has 0 unspecified atom stereocenters. The lowest BCUT2D eigenvalue weighted by Gasteiger charge is -2.36. The normalized spacial score (nSPS) is 15.9. The van der Waals surface area contributed by atoms with E-state index >= 15 is 0 Å². The highest BCUT2D eigenvalue weighted by molar-refractivity contribution is 7.07. The van der Waals surface area contributed by atoms with Gasteiger partial charge in [0, 0.05) is 52.0 Å². The van der Waals surface area contributed by atoms with E-state index < -0.39 is 0 Å². The van der Waals surface area contributed by atoms with Gasteiger partial charge < -0.3 is 15.5 Å². The highest BCUT2D eigenvalue weighted by atomic mass is 32.1. The zero-order valence-electron chi connectivity index (χ0n) is 15.5. The van der Waals surface area contributed by atoms with E-state index in [0.717, 1.165) is 58.2 Å². The molecule has 26 heavy (non-hydrogen) atoms. The monoisotopic (exact) mass is 371 g/mol. The summed E-state index contributed by atoms with van der Waals surface area (Å²) in [5.41, 5.74) is 2.64. The van der Waals surface area contributed by atoms with Crippen LogP contribution < -0.4 is 15.5 Å². The first-order valence-corrected chi connectivity index (χ1v) is 10.3. The van der Waals surface area contributed by atoms with Crippen LogP contribution in [0.5, 0.6) is 0 Å². The Balaban J connectivity index is 1.29. The molecule has 2 heterocycles. The molecule has 0 radical (unpaired) electrons. The van der Waals surface area contributed by atoms with Gasteiger partial charge in [-0.15, -0.1) is 0 Å². The number of rotatable bonds is 7. The van der Waals surface area contributed by atoms with E-state index in [9.17, 15) is 0 Å². The van der Waals surface area contributed by atoms with E-state index in [1.165, 1.54) is 11.3 Å². The summed E-state index contributed by atoms with van der Waals surface area (Å²) in [5.74, 6) is 0.880. The quantitative estimate of drug-likeness (QED) is 0.446. The van der Waals surface area contributed by atoms with Crippen LogP contribution in [0, 0.1) is 0 Å². The molecule has 0 spiro atoms. The van der Waals surface area contributed by atoms with Crippen molar-refractivity contribution >= 4 is 23.0 Å². The smallest absolute Gasteiger partial charge is 0.191 e. The topological polar surface area (TPSA) is 42.9 Å². The standard InChI is InChI=1S/C20H29N5S/c1-21-20(23-16-18-8-15-26-17-18)22-9-5-10-24-11-13-25(14-12-24)19-6-3-2-4-7-19/h2-4,6-8,15,17H,5,9-14,16H2,1H3,(H2,21,22,23). The number of hydrogen-bond acceptors (Lipinski definition) is 4. The number of thiophene rings is 1. The highest BCUT2D eigenvalue weighted by Gasteiger charge is 2.16. The molecule has 0 amide bonds. The van der Waals surface area contributed by atoms with E-state index in [1.807, 2.05) is 7.05 Å². The number of guanidine groups is 1. The van der Waals surface area contributed by atoms with Crippen LogP contribution >= 0.6 is 11.3 Å². The van der Waals surface area contributed by atoms with Crippen molar-refractivity contribution in [3.63, 3.8) is 0 Å². The summed E-state index contributed by atoms with van der Waals surface area (Å²) in [6.45, 7) is 7.41. The molecule has 6 heteroatoms. The van der Waals surface area contributed by atoms with Gasteiger partial charge in [0.15, 0.2) is 5.96 Å². The van der Waals surface area contributed by atoms with Gasteiger partial charge in [0.2, 0.25) is 0 Å². The van der Waals surface area contributed by atoms with Gasteiger partial charge in [-0.05, 0) is 47.5 Å². The molecule has 0 bridgehead atoms. The Morgan fingerprint density at radius 3 is 2.58 bits per heavy atom. The van der Waals surface area contributed by atoms with Gasteiger partial charge in [0.1, 0.15) is 0 Å². The zero-order chi connectivity index (χ0) is 18.0. The average Bonchev–Trinajstić information content (AvgIpc) is 3.22. The van der Waals surface area contributed by atoms with E-state index in [-0.39, 0.29) is 0 Å². The Morgan fingerprint density at radius 2 is 1.88 bits per heavy atom. The molecular weight excluding hydrogens is 342 g/mol. The van der Waals surface area contributed by atoms with Crippen LogP contribution in [0.3, 0.4) is 0 Å². The minimum atomic E-state index is 0.824. The Bertz CT molecular complexity index is 648. The fourth-order valence-electron chi connectivity index (χ4n) is 3.18. The molecule has 0 saturated carbocycles. The average molecular weight is 372 g/mol. The Kier molecular flexibility index (Phi) is 7.34. The van der Waals surface area contributed by atoms with Crippen LogP contribution in [0.1, 0.15) is 12.0 Å². The van der Waals surface area contributed by atoms with Gasteiger partial charge >= 0.3 is 0 Å². The van der Waals surface area contributed by atoms with E-state index in [1.54, 1.807) is 11.3 Å². The lowest BCUT2D eigenvalue weighted by molar-refractivity contribution is 0.255. The summed E-state index contributed by atoms with van der Waals surface area (Å²) in [5, 5.41) is 11.0. The minimum Gasteiger partial charge on any atom is -0.369 e. The second-order valence-corrected chi connectivity index (χ2v) is 7.28. The van der Waals surface area contributed by atoms with Crippen molar-refractivity contribution in [2.24, 2.45) is 4.99 Å². The molecule has 140 valence electrons. The Labute approximate surface area is 160 Å². The van der Waals surface area contributed by atoms with Crippen molar-refractivity contribution in [2.75, 3.05) is 51.2 Å². The van der Waals surface area contributed by atoms with Crippen LogP contribution in [0.25, 0.3) is 0 Å². The minimum absolute atomic E-state index is 0.824. The lowest BCUT2D eigenvalue weighted by Crippen LogP contribution is -2.47. The van der Waals surface area contributed by atoms with Gasteiger partial charge in [0.25, 0.3) is 0 Å². The van der Waals surface area contributed by atoms with E-state index in [4.69, 9.17) is 0 Å². The number of hydrogen-bond donors (Lipinski definition) is 2. The summed E-state index contributed by atoms with van der Waals surface area (Å²) in [6.07, 6.45) is 1.13. The Hall–Kier alpha value is -2.05. The number of piperazine rings is 1. The number of benzene rings is 1. The molecule has 1 aromatic heterocycles. The van der Waals surface area contributed by atoms with Crippen molar-refractivity contribution in [1.29, 1.82) is 0 Å². The molecule has 3 rings (SSSR count). The van der Waals surface area contributed by atoms with Crippen molar-refractivity contribution in [3.05, 3.63) is 52.7 Å². The van der Waals surface area contributed by atoms with Crippen molar-refractivity contribution in [2.45, 2.75) is 13.0 Å². The molecule has 1 aliphatic rings. The summed E-state index contributed by atoms with van der Waals surface area (Å²) in [4.78, 5) is 9.33. The molecule has 1 saturated heterocycles. The second kappa shape index (κ2) is 10.2. The number of aliphatic imine (C=N–C) groups is 1. The van der Waals surface area contributed by atoms with Crippen molar-refractivity contribution in [1.82, 2.24) is 15.5 Å². The Morgan fingerprint density at radius 1 is 1.08 bits per heavy atom. The number of nitrogens with zero attached hydrogens (tertiary/aromatic N) is 3. The molecule has 1 fully saturated rings. The number of anilines is 1. The number of para-hydroxylation sites is 1. The molecule has 2 aromatic rings. The fraction of sp³-hybridized carbons (Fsp3) is 0.450. The van der Waals surface area contributed by atoms with Crippen LogP contribution in [0.15, 0.2) is 52.2 Å². The maximum absolute atomic E-state index is 4.29. The van der Waals surface area contributed by atoms with Crippen molar-refractivity contribution < 1.29 is 0 Å². The third-order valence-electron chi connectivity index (χ3n) is 4.70. The predicted molar refractivity (Wildman–Crippen MR) is 112 cm³/mol. The van der Waals surface area contributed by atoms with Gasteiger partial charge in [-0.2, -0.15) is 11.3 Å². The van der Waals surface area contributed by atoms with Crippen LogP contribution in [0.4, 0.5) is 5.69 Å². The SMILES string of the molecule is CN=C(NCCCN1CCN(c2ccccc2)CC1)NCc1ccsc1. The summed E-state index contributed by atoms with van der Waals surface area (Å²) in [6, 6.07) is 12.9. The fourth-order valence-corrected chi connectivity index (χ4v) is 3.85. The maximum Gasteiger partial charge on any atom is 0.191 e. The van der Waals surface area contributed by atoms with Crippen LogP contribution in [-0.4, -0.2) is 57.2 Å². The molecule has 5 nitrogen and oxygen atoms in total. The lowest BCUT2D eigenvalue weighted by atomic mass is 10.2. The molecule has 1 aromatic carbocycles. The van der Waals surface area contributed by atoms with Gasteiger partial charge in [-0.3, -0.25) is 9.89 Å². The first-order chi connectivity index (χ1) is 12.8. The van der Waals surface area contributed by atoms with Crippen LogP contribution in [0.2, 0.25) is 0 Å². The van der Waals surface area contributed by atoms with E-state index in [0.29, 0.717) is 0 Å². The molecule has 2 N–H and O–H groups in total. The molecule has 0 aliphatic carbocycles. The molecule has 0 atom stereocenters. The maximum atomic E-state index is 4.29. The molecule has 1 aliphatic heterocycles. The number of nitrogens with one attached hydrogen (secondary N) is 2. The summed E-state index contributed by atoms with van der Waals surface area (Å²) >= 11 is 1.73. The predicted octanol–water partition coefficient (Wildman–Crippen LogP) is 2.63. The van der Waals surface area contributed by atoms with Crippen LogP contribution in [-0.2, 0) is 6.54 Å². The van der Waals surface area contributed by atoms with Gasteiger partial charge in [-0.1, -0.05) is 18.2 Å².